The molecule has 0 unspecified atom stereocenters. The van der Waals surface area contributed by atoms with Crippen molar-refractivity contribution in [3.63, 3.8) is 0 Å². The third-order valence-corrected chi connectivity index (χ3v) is 2.70. The minimum atomic E-state index is 0.334. The van der Waals surface area contributed by atoms with E-state index in [2.05, 4.69) is 12.0 Å². The highest BCUT2D eigenvalue weighted by Crippen LogP contribution is 2.28. The molecule has 16 heavy (non-hydrogen) atoms. The molecule has 2 rings (SSSR count). The maximum Gasteiger partial charge on any atom is 0.119 e. The molecular formula is C13H16N2O. The van der Waals surface area contributed by atoms with Crippen LogP contribution in [-0.2, 0) is 6.54 Å². The lowest BCUT2D eigenvalue weighted by atomic mass is 10.0. The summed E-state index contributed by atoms with van der Waals surface area (Å²) in [5.41, 5.74) is 3.00. The Balaban J connectivity index is 2.39. The standard InChI is InChI=1S/C13H16N2O/c1-3-7-15-9-11(8-14-15)12-5-4-6-13(16)10(12)2/h4-6,8-9,16H,3,7H2,1-2H3. The molecule has 3 heteroatoms. The van der Waals surface area contributed by atoms with Gasteiger partial charge in [-0.15, -0.1) is 0 Å². The van der Waals surface area contributed by atoms with E-state index in [0.717, 1.165) is 29.7 Å². The van der Waals surface area contributed by atoms with Gasteiger partial charge in [0.1, 0.15) is 5.75 Å². The van der Waals surface area contributed by atoms with E-state index in [4.69, 9.17) is 0 Å². The molecule has 0 bridgehead atoms. The van der Waals surface area contributed by atoms with Crippen molar-refractivity contribution in [3.05, 3.63) is 36.2 Å². The first-order valence-corrected chi connectivity index (χ1v) is 5.53. The van der Waals surface area contributed by atoms with Gasteiger partial charge in [-0.3, -0.25) is 4.68 Å². The average Bonchev–Trinajstić information content (AvgIpc) is 2.71. The van der Waals surface area contributed by atoms with E-state index in [-0.39, 0.29) is 0 Å². The molecule has 0 aliphatic heterocycles. The highest BCUT2D eigenvalue weighted by Gasteiger charge is 2.07. The maximum absolute atomic E-state index is 9.64. The van der Waals surface area contributed by atoms with E-state index in [0.29, 0.717) is 5.75 Å². The topological polar surface area (TPSA) is 38.0 Å². The second-order valence-electron chi connectivity index (χ2n) is 3.94. The van der Waals surface area contributed by atoms with Crippen molar-refractivity contribution in [2.45, 2.75) is 26.8 Å². The zero-order valence-electron chi connectivity index (χ0n) is 9.64. The van der Waals surface area contributed by atoms with Crippen LogP contribution in [0, 0.1) is 6.92 Å². The molecule has 0 radical (unpaired) electrons. The van der Waals surface area contributed by atoms with E-state index >= 15 is 0 Å². The van der Waals surface area contributed by atoms with Gasteiger partial charge in [0.25, 0.3) is 0 Å². The Morgan fingerprint density at radius 2 is 2.19 bits per heavy atom. The molecule has 0 atom stereocenters. The summed E-state index contributed by atoms with van der Waals surface area (Å²) in [6.07, 6.45) is 4.93. The number of phenols is 1. The molecule has 0 amide bonds. The van der Waals surface area contributed by atoms with Crippen LogP contribution in [-0.4, -0.2) is 14.9 Å². The molecule has 0 saturated heterocycles. The van der Waals surface area contributed by atoms with Crippen LogP contribution in [0.25, 0.3) is 11.1 Å². The molecule has 0 saturated carbocycles. The van der Waals surface area contributed by atoms with Crippen LogP contribution in [0.5, 0.6) is 5.75 Å². The summed E-state index contributed by atoms with van der Waals surface area (Å²) < 4.78 is 1.93. The predicted molar refractivity (Wildman–Crippen MR) is 64.4 cm³/mol. The summed E-state index contributed by atoms with van der Waals surface area (Å²) in [5, 5.41) is 13.9. The van der Waals surface area contributed by atoms with Crippen molar-refractivity contribution < 1.29 is 5.11 Å². The van der Waals surface area contributed by atoms with Crippen molar-refractivity contribution >= 4 is 0 Å². The Kier molecular flexibility index (Phi) is 2.95. The molecule has 2 aromatic rings. The third-order valence-electron chi connectivity index (χ3n) is 2.70. The van der Waals surface area contributed by atoms with E-state index in [9.17, 15) is 5.11 Å². The van der Waals surface area contributed by atoms with Crippen LogP contribution < -0.4 is 0 Å². The fourth-order valence-corrected chi connectivity index (χ4v) is 1.79. The normalized spacial score (nSPS) is 10.6. The van der Waals surface area contributed by atoms with E-state index in [1.807, 2.05) is 36.1 Å². The van der Waals surface area contributed by atoms with Crippen molar-refractivity contribution in [2.24, 2.45) is 0 Å². The Hall–Kier alpha value is -1.77. The van der Waals surface area contributed by atoms with Crippen molar-refractivity contribution in [3.8, 4) is 16.9 Å². The van der Waals surface area contributed by atoms with Crippen LogP contribution in [0.1, 0.15) is 18.9 Å². The molecule has 0 aliphatic carbocycles. The molecule has 1 aromatic carbocycles. The number of hydrogen-bond acceptors (Lipinski definition) is 2. The van der Waals surface area contributed by atoms with Crippen molar-refractivity contribution in [1.82, 2.24) is 9.78 Å². The Labute approximate surface area is 95.3 Å². The number of phenolic OH excluding ortho intramolecular Hbond substituents is 1. The van der Waals surface area contributed by atoms with Gasteiger partial charge >= 0.3 is 0 Å². The van der Waals surface area contributed by atoms with Gasteiger partial charge in [-0.1, -0.05) is 19.1 Å². The molecule has 0 aliphatic rings. The molecule has 0 spiro atoms. The number of aryl methyl sites for hydroxylation is 1. The highest BCUT2D eigenvalue weighted by molar-refractivity contribution is 5.68. The number of nitrogens with zero attached hydrogens (tertiary/aromatic N) is 2. The molecular weight excluding hydrogens is 200 g/mol. The zero-order valence-corrected chi connectivity index (χ0v) is 9.64. The average molecular weight is 216 g/mol. The van der Waals surface area contributed by atoms with Crippen molar-refractivity contribution in [1.29, 1.82) is 0 Å². The van der Waals surface area contributed by atoms with Gasteiger partial charge in [0.15, 0.2) is 0 Å². The maximum atomic E-state index is 9.64. The van der Waals surface area contributed by atoms with E-state index < -0.39 is 0 Å². The minimum absolute atomic E-state index is 0.334. The monoisotopic (exact) mass is 216 g/mol. The SMILES string of the molecule is CCCn1cc(-c2cccc(O)c2C)cn1. The number of benzene rings is 1. The van der Waals surface area contributed by atoms with E-state index in [1.54, 1.807) is 6.07 Å². The van der Waals surface area contributed by atoms with Crippen molar-refractivity contribution in [2.75, 3.05) is 0 Å². The Morgan fingerprint density at radius 1 is 1.38 bits per heavy atom. The summed E-state index contributed by atoms with van der Waals surface area (Å²) >= 11 is 0. The van der Waals surface area contributed by atoms with Gasteiger partial charge in [-0.2, -0.15) is 5.10 Å². The fraction of sp³-hybridized carbons (Fsp3) is 0.308. The number of aromatic hydroxyl groups is 1. The van der Waals surface area contributed by atoms with Gasteiger partial charge in [-0.05, 0) is 30.5 Å². The van der Waals surface area contributed by atoms with Crippen LogP contribution in [0.3, 0.4) is 0 Å². The molecule has 0 fully saturated rings. The molecule has 84 valence electrons. The fourth-order valence-electron chi connectivity index (χ4n) is 1.79. The van der Waals surface area contributed by atoms with Crippen LogP contribution in [0.15, 0.2) is 30.6 Å². The largest absolute Gasteiger partial charge is 0.508 e. The minimum Gasteiger partial charge on any atom is -0.508 e. The number of aromatic nitrogens is 2. The lowest BCUT2D eigenvalue weighted by Gasteiger charge is -2.04. The molecule has 1 aromatic heterocycles. The quantitative estimate of drug-likeness (QED) is 0.856. The van der Waals surface area contributed by atoms with Gasteiger partial charge in [0.05, 0.1) is 6.20 Å². The summed E-state index contributed by atoms with van der Waals surface area (Å²) in [7, 11) is 0. The molecule has 1 heterocycles. The summed E-state index contributed by atoms with van der Waals surface area (Å²) in [6, 6.07) is 5.56. The Bertz CT molecular complexity index is 488. The highest BCUT2D eigenvalue weighted by atomic mass is 16.3. The first-order valence-electron chi connectivity index (χ1n) is 5.53. The summed E-state index contributed by atoms with van der Waals surface area (Å²) in [5.74, 6) is 0.334. The van der Waals surface area contributed by atoms with Crippen LogP contribution in [0.4, 0.5) is 0 Å². The van der Waals surface area contributed by atoms with Gasteiger partial charge in [-0.25, -0.2) is 0 Å². The van der Waals surface area contributed by atoms with E-state index in [1.165, 1.54) is 0 Å². The first kappa shape index (κ1) is 10.7. The Morgan fingerprint density at radius 3 is 2.94 bits per heavy atom. The van der Waals surface area contributed by atoms with Crippen LogP contribution in [0.2, 0.25) is 0 Å². The van der Waals surface area contributed by atoms with Gasteiger partial charge in [0.2, 0.25) is 0 Å². The summed E-state index contributed by atoms with van der Waals surface area (Å²) in [6.45, 7) is 4.97. The third kappa shape index (κ3) is 1.94. The molecule has 3 nitrogen and oxygen atoms in total. The lowest BCUT2D eigenvalue weighted by molar-refractivity contribution is 0.471. The number of rotatable bonds is 3. The predicted octanol–water partition coefficient (Wildman–Crippen LogP) is 2.97. The summed E-state index contributed by atoms with van der Waals surface area (Å²) in [4.78, 5) is 0. The lowest BCUT2D eigenvalue weighted by Crippen LogP contribution is -1.95. The van der Waals surface area contributed by atoms with Crippen LogP contribution >= 0.6 is 0 Å². The van der Waals surface area contributed by atoms with Gasteiger partial charge in [0, 0.05) is 18.3 Å². The van der Waals surface area contributed by atoms with Gasteiger partial charge < -0.3 is 5.11 Å². The first-order chi connectivity index (χ1) is 7.72. The number of hydrogen-bond donors (Lipinski definition) is 1. The second kappa shape index (κ2) is 4.39. The zero-order chi connectivity index (χ0) is 11.5. The second-order valence-corrected chi connectivity index (χ2v) is 3.94. The molecule has 1 N–H and O–H groups in total. The smallest absolute Gasteiger partial charge is 0.119 e.